The minimum absolute atomic E-state index is 0.188. The standard InChI is InChI=1S/C6H16NO2.C4H6O6/c1-7(2,3-5-8)4-6-9;5-1(3(7)8)2(6)4(9)10/h8-9H,3-6H2,1-2H3;1-2,5-6H,(H,7,8)(H,9,10)/q+1;/p-1. The molecule has 0 amide bonds. The van der Waals surface area contributed by atoms with Crippen molar-refractivity contribution in [1.29, 1.82) is 0 Å². The van der Waals surface area contributed by atoms with Gasteiger partial charge >= 0.3 is 5.97 Å². The van der Waals surface area contributed by atoms with Crippen LogP contribution in [-0.4, -0.2) is 94.6 Å². The molecule has 0 aliphatic heterocycles. The lowest BCUT2D eigenvalue weighted by Gasteiger charge is -2.27. The highest BCUT2D eigenvalue weighted by atomic mass is 16.4. The van der Waals surface area contributed by atoms with Crippen LogP contribution in [0.1, 0.15) is 0 Å². The van der Waals surface area contributed by atoms with Crippen LogP contribution in [0.15, 0.2) is 0 Å². The fraction of sp³-hybridized carbons (Fsp3) is 0.800. The van der Waals surface area contributed by atoms with Crippen molar-refractivity contribution in [3.05, 3.63) is 0 Å². The van der Waals surface area contributed by atoms with Crippen LogP contribution >= 0.6 is 0 Å². The summed E-state index contributed by atoms with van der Waals surface area (Å²) in [5, 5.41) is 51.2. The van der Waals surface area contributed by atoms with Crippen molar-refractivity contribution in [3.63, 3.8) is 0 Å². The molecule has 0 spiro atoms. The molecule has 0 fully saturated rings. The van der Waals surface area contributed by atoms with Crippen molar-refractivity contribution < 1.29 is 44.7 Å². The normalized spacial score (nSPS) is 14.0. The highest BCUT2D eigenvalue weighted by Gasteiger charge is 2.23. The maximum Gasteiger partial charge on any atom is 0.335 e. The van der Waals surface area contributed by atoms with Crippen molar-refractivity contribution in [3.8, 4) is 0 Å². The average Bonchev–Trinajstić information content (AvgIpc) is 2.27. The number of aliphatic hydroxyl groups excluding tert-OH is 4. The number of aliphatic hydroxyl groups is 4. The highest BCUT2D eigenvalue weighted by Crippen LogP contribution is 1.92. The van der Waals surface area contributed by atoms with Crippen LogP contribution in [0, 0.1) is 0 Å². The van der Waals surface area contributed by atoms with Crippen LogP contribution in [-0.2, 0) is 9.59 Å². The Bertz CT molecular complexity index is 255. The molecule has 0 rings (SSSR count). The third-order valence-electron chi connectivity index (χ3n) is 2.20. The van der Waals surface area contributed by atoms with Gasteiger partial charge in [-0.15, -0.1) is 0 Å². The van der Waals surface area contributed by atoms with E-state index < -0.39 is 24.1 Å². The smallest absolute Gasteiger partial charge is 0.335 e. The second-order valence-electron chi connectivity index (χ2n) is 4.38. The van der Waals surface area contributed by atoms with Crippen LogP contribution in [0.3, 0.4) is 0 Å². The fourth-order valence-corrected chi connectivity index (χ4v) is 0.917. The van der Waals surface area contributed by atoms with Gasteiger partial charge in [0.05, 0.1) is 33.3 Å². The summed E-state index contributed by atoms with van der Waals surface area (Å²) in [6, 6.07) is 0. The van der Waals surface area contributed by atoms with Gasteiger partial charge < -0.3 is 39.9 Å². The number of carboxylic acids is 2. The van der Waals surface area contributed by atoms with Gasteiger partial charge in [-0.05, 0) is 0 Å². The van der Waals surface area contributed by atoms with Crippen molar-refractivity contribution in [1.82, 2.24) is 0 Å². The summed E-state index contributed by atoms with van der Waals surface area (Å²) in [4.78, 5) is 19.4. The molecule has 2 atom stereocenters. The number of quaternary nitrogens is 1. The number of hydrogen-bond acceptors (Lipinski definition) is 7. The predicted molar refractivity (Wildman–Crippen MR) is 60.7 cm³/mol. The zero-order valence-corrected chi connectivity index (χ0v) is 10.9. The molecule has 114 valence electrons. The topological polar surface area (TPSA) is 158 Å². The molecular weight excluding hydrogens is 262 g/mol. The zero-order chi connectivity index (χ0) is 15.6. The first kappa shape index (κ1) is 20.1. The molecule has 5 N–H and O–H groups in total. The molecule has 19 heavy (non-hydrogen) atoms. The van der Waals surface area contributed by atoms with Crippen molar-refractivity contribution >= 4 is 11.9 Å². The molecule has 9 nitrogen and oxygen atoms in total. The average molecular weight is 283 g/mol. The summed E-state index contributed by atoms with van der Waals surface area (Å²) in [6.07, 6.45) is -4.71. The van der Waals surface area contributed by atoms with Crippen LogP contribution in [0.5, 0.6) is 0 Å². The Labute approximate surface area is 110 Å². The summed E-state index contributed by atoms with van der Waals surface area (Å²) in [5.41, 5.74) is 0. The number of carboxylic acid groups (broad SMARTS) is 2. The van der Waals surface area contributed by atoms with E-state index in [0.717, 1.165) is 0 Å². The number of rotatable bonds is 7. The van der Waals surface area contributed by atoms with Gasteiger partial charge in [0.25, 0.3) is 0 Å². The van der Waals surface area contributed by atoms with Gasteiger partial charge in [0, 0.05) is 0 Å². The molecule has 0 aliphatic rings. The van der Waals surface area contributed by atoms with Gasteiger partial charge in [-0.2, -0.15) is 0 Å². The van der Waals surface area contributed by atoms with Gasteiger partial charge in [0.1, 0.15) is 19.2 Å². The molecule has 0 aliphatic carbocycles. The second-order valence-corrected chi connectivity index (χ2v) is 4.38. The highest BCUT2D eigenvalue weighted by molar-refractivity contribution is 5.81. The quantitative estimate of drug-likeness (QED) is 0.293. The van der Waals surface area contributed by atoms with Crippen LogP contribution < -0.4 is 5.11 Å². The number of aliphatic carboxylic acids is 2. The van der Waals surface area contributed by atoms with Gasteiger partial charge in [-0.25, -0.2) is 4.79 Å². The third kappa shape index (κ3) is 10.4. The number of hydrogen-bond donors (Lipinski definition) is 5. The van der Waals surface area contributed by atoms with Gasteiger partial charge in [0.2, 0.25) is 0 Å². The van der Waals surface area contributed by atoms with E-state index in [4.69, 9.17) is 25.5 Å². The summed E-state index contributed by atoms with van der Waals surface area (Å²) in [7, 11) is 3.96. The van der Waals surface area contributed by atoms with Gasteiger partial charge in [-0.3, -0.25) is 0 Å². The Morgan fingerprint density at radius 2 is 1.42 bits per heavy atom. The van der Waals surface area contributed by atoms with E-state index >= 15 is 0 Å². The molecule has 0 radical (unpaired) electrons. The van der Waals surface area contributed by atoms with E-state index in [1.54, 1.807) is 0 Å². The Balaban J connectivity index is 0. The van der Waals surface area contributed by atoms with Gasteiger partial charge in [0.15, 0.2) is 6.10 Å². The molecule has 0 aromatic rings. The lowest BCUT2D eigenvalue weighted by molar-refractivity contribution is -0.890. The van der Waals surface area contributed by atoms with E-state index in [0.29, 0.717) is 17.6 Å². The molecule has 9 heteroatoms. The molecule has 0 heterocycles. The number of carbonyl (C=O) groups is 2. The summed E-state index contributed by atoms with van der Waals surface area (Å²) >= 11 is 0. The van der Waals surface area contributed by atoms with Crippen LogP contribution in [0.2, 0.25) is 0 Å². The van der Waals surface area contributed by atoms with Crippen molar-refractivity contribution in [2.45, 2.75) is 12.2 Å². The van der Waals surface area contributed by atoms with E-state index in [2.05, 4.69) is 0 Å². The lowest BCUT2D eigenvalue weighted by atomic mass is 10.2. The van der Waals surface area contributed by atoms with E-state index in [-0.39, 0.29) is 13.2 Å². The fourth-order valence-electron chi connectivity index (χ4n) is 0.917. The van der Waals surface area contributed by atoms with Crippen LogP contribution in [0.25, 0.3) is 0 Å². The minimum atomic E-state index is -2.38. The molecular formula is C10H21NO8. The van der Waals surface area contributed by atoms with Crippen LogP contribution in [0.4, 0.5) is 0 Å². The number of likely N-dealkylation sites (N-methyl/N-ethyl adjacent to an activating group) is 1. The number of nitrogens with zero attached hydrogens (tertiary/aromatic N) is 1. The first-order chi connectivity index (χ1) is 8.59. The Morgan fingerprint density at radius 3 is 1.58 bits per heavy atom. The van der Waals surface area contributed by atoms with E-state index in [1.165, 1.54) is 0 Å². The maximum absolute atomic E-state index is 9.74. The third-order valence-corrected chi connectivity index (χ3v) is 2.20. The summed E-state index contributed by atoms with van der Waals surface area (Å²) in [6.45, 7) is 1.79. The second kappa shape index (κ2) is 9.64. The lowest BCUT2D eigenvalue weighted by Crippen LogP contribution is -2.46. The van der Waals surface area contributed by atoms with Crippen molar-refractivity contribution in [2.24, 2.45) is 0 Å². The number of carbonyl (C=O) groups excluding carboxylic acids is 1. The minimum Gasteiger partial charge on any atom is -0.547 e. The largest absolute Gasteiger partial charge is 0.547 e. The molecule has 0 bridgehead atoms. The molecule has 0 aromatic carbocycles. The SMILES string of the molecule is C[N+](C)(CCO)CCO.O=C([O-])C(O)C(O)C(=O)O. The summed E-state index contributed by atoms with van der Waals surface area (Å²) in [5.74, 6) is -3.83. The Morgan fingerprint density at radius 1 is 1.05 bits per heavy atom. The predicted octanol–water partition coefficient (Wildman–Crippen LogP) is -4.41. The first-order valence-electron chi connectivity index (χ1n) is 5.42. The monoisotopic (exact) mass is 283 g/mol. The van der Waals surface area contributed by atoms with E-state index in [1.807, 2.05) is 14.1 Å². The molecule has 0 saturated carbocycles. The molecule has 0 aromatic heterocycles. The van der Waals surface area contributed by atoms with Gasteiger partial charge in [-0.1, -0.05) is 0 Å². The van der Waals surface area contributed by atoms with E-state index in [9.17, 15) is 14.7 Å². The van der Waals surface area contributed by atoms with Crippen molar-refractivity contribution in [2.75, 3.05) is 40.4 Å². The first-order valence-corrected chi connectivity index (χ1v) is 5.42. The summed E-state index contributed by atoms with van der Waals surface area (Å²) < 4.78 is 0.688. The molecule has 0 saturated heterocycles. The molecule has 2 unspecified atom stereocenters. The Kier molecular flexibility index (Phi) is 10.2. The maximum atomic E-state index is 9.74. The Hall–Kier alpha value is -1.26. The zero-order valence-electron chi connectivity index (χ0n) is 10.9.